The number of para-hydroxylation sites is 1. The van der Waals surface area contributed by atoms with Gasteiger partial charge in [-0.25, -0.2) is 0 Å². The molecule has 1 nitrogen and oxygen atoms in total. The lowest BCUT2D eigenvalue weighted by Gasteiger charge is -2.34. The number of fused-ring (bicyclic) bond motifs is 3. The largest absolute Gasteiger partial charge is 0.347 e. The van der Waals surface area contributed by atoms with E-state index in [1.807, 2.05) is 0 Å². The van der Waals surface area contributed by atoms with E-state index >= 15 is 0 Å². The lowest BCUT2D eigenvalue weighted by Crippen LogP contribution is -2.25. The summed E-state index contributed by atoms with van der Waals surface area (Å²) in [5.41, 5.74) is 4.98. The van der Waals surface area contributed by atoms with Crippen molar-refractivity contribution in [1.82, 2.24) is 4.57 Å². The average molecular weight is 227 g/mol. The number of nitrogens with zero attached hydrogens (tertiary/aromatic N) is 1. The molecule has 1 atom stereocenters. The van der Waals surface area contributed by atoms with Crippen LogP contribution >= 0.6 is 0 Å². The van der Waals surface area contributed by atoms with Gasteiger partial charge in [-0.15, -0.1) is 0 Å². The quantitative estimate of drug-likeness (QED) is 0.634. The summed E-state index contributed by atoms with van der Waals surface area (Å²) in [6.45, 7) is 7.17. The summed E-state index contributed by atoms with van der Waals surface area (Å²) in [4.78, 5) is 0. The summed E-state index contributed by atoms with van der Waals surface area (Å²) in [5, 5.41) is 1.47. The molecule has 1 aliphatic rings. The zero-order valence-corrected chi connectivity index (χ0v) is 11.2. The number of rotatable bonds is 0. The first-order valence-corrected chi connectivity index (χ1v) is 6.56. The van der Waals surface area contributed by atoms with Crippen molar-refractivity contribution in [2.24, 2.45) is 12.5 Å². The van der Waals surface area contributed by atoms with Gasteiger partial charge >= 0.3 is 0 Å². The molecule has 1 aromatic heterocycles. The highest BCUT2D eigenvalue weighted by Crippen LogP contribution is 2.45. The maximum Gasteiger partial charge on any atom is 0.0482 e. The Bertz CT molecular complexity index is 574. The maximum atomic E-state index is 2.40. The Balaban J connectivity index is 2.33. The SMILES string of the molecule is CC1CC(C)(C)Cc2c1c1ccccc1n2C. The van der Waals surface area contributed by atoms with Gasteiger partial charge < -0.3 is 4.57 Å². The van der Waals surface area contributed by atoms with Gasteiger partial charge in [0.1, 0.15) is 0 Å². The molecular weight excluding hydrogens is 206 g/mol. The van der Waals surface area contributed by atoms with Crippen molar-refractivity contribution in [3.8, 4) is 0 Å². The molecule has 0 N–H and O–H groups in total. The van der Waals surface area contributed by atoms with Gasteiger partial charge in [-0.3, -0.25) is 0 Å². The van der Waals surface area contributed by atoms with Crippen molar-refractivity contribution in [2.75, 3.05) is 0 Å². The second-order valence-electron chi connectivity index (χ2n) is 6.38. The lowest BCUT2D eigenvalue weighted by atomic mass is 9.71. The fourth-order valence-corrected chi connectivity index (χ4v) is 3.70. The van der Waals surface area contributed by atoms with Crippen LogP contribution < -0.4 is 0 Å². The van der Waals surface area contributed by atoms with E-state index < -0.39 is 0 Å². The van der Waals surface area contributed by atoms with Crippen molar-refractivity contribution in [3.05, 3.63) is 35.5 Å². The fraction of sp³-hybridized carbons (Fsp3) is 0.500. The van der Waals surface area contributed by atoms with Crippen molar-refractivity contribution in [1.29, 1.82) is 0 Å². The highest BCUT2D eigenvalue weighted by atomic mass is 15.0. The smallest absolute Gasteiger partial charge is 0.0482 e. The molecule has 2 aromatic rings. The van der Waals surface area contributed by atoms with Gasteiger partial charge in [0.05, 0.1) is 0 Å². The molecule has 0 aliphatic heterocycles. The van der Waals surface area contributed by atoms with Crippen molar-refractivity contribution >= 4 is 10.9 Å². The van der Waals surface area contributed by atoms with E-state index in [4.69, 9.17) is 0 Å². The summed E-state index contributed by atoms with van der Waals surface area (Å²) in [5.74, 6) is 0.680. The topological polar surface area (TPSA) is 4.93 Å². The molecule has 1 aromatic carbocycles. The molecule has 0 amide bonds. The maximum absolute atomic E-state index is 2.40. The van der Waals surface area contributed by atoms with Crippen molar-refractivity contribution < 1.29 is 0 Å². The van der Waals surface area contributed by atoms with Crippen LogP contribution in [-0.4, -0.2) is 4.57 Å². The van der Waals surface area contributed by atoms with Crippen molar-refractivity contribution in [2.45, 2.75) is 39.5 Å². The molecule has 90 valence electrons. The zero-order chi connectivity index (χ0) is 12.2. The standard InChI is InChI=1S/C16H21N/c1-11-9-16(2,3)10-14-15(11)12-7-5-6-8-13(12)17(14)4/h5-8,11H,9-10H2,1-4H3. The molecule has 1 aliphatic carbocycles. The van der Waals surface area contributed by atoms with E-state index in [2.05, 4.69) is 56.7 Å². The molecule has 1 heterocycles. The first kappa shape index (κ1) is 10.9. The highest BCUT2D eigenvalue weighted by molar-refractivity contribution is 5.86. The lowest BCUT2D eigenvalue weighted by molar-refractivity contribution is 0.283. The molecule has 0 saturated heterocycles. The summed E-state index contributed by atoms with van der Waals surface area (Å²) in [7, 11) is 2.22. The Morgan fingerprint density at radius 1 is 1.24 bits per heavy atom. The van der Waals surface area contributed by atoms with E-state index in [-0.39, 0.29) is 0 Å². The minimum absolute atomic E-state index is 0.439. The minimum atomic E-state index is 0.439. The second kappa shape index (κ2) is 3.38. The summed E-state index contributed by atoms with van der Waals surface area (Å²) < 4.78 is 2.40. The van der Waals surface area contributed by atoms with Crippen LogP contribution in [0.1, 0.15) is 44.4 Å². The zero-order valence-electron chi connectivity index (χ0n) is 11.2. The van der Waals surface area contributed by atoms with Gasteiger partial charge in [0.2, 0.25) is 0 Å². The van der Waals surface area contributed by atoms with E-state index in [1.54, 1.807) is 11.3 Å². The number of benzene rings is 1. The molecule has 0 saturated carbocycles. The van der Waals surface area contributed by atoms with E-state index in [1.165, 1.54) is 23.7 Å². The fourth-order valence-electron chi connectivity index (χ4n) is 3.70. The molecule has 1 heteroatoms. The van der Waals surface area contributed by atoms with Gasteiger partial charge in [-0.2, -0.15) is 0 Å². The first-order valence-electron chi connectivity index (χ1n) is 6.56. The molecule has 1 unspecified atom stereocenters. The first-order chi connectivity index (χ1) is 7.99. The Hall–Kier alpha value is -1.24. The normalized spacial score (nSPS) is 22.7. The molecular formula is C16H21N. The third kappa shape index (κ3) is 1.52. The predicted molar refractivity (Wildman–Crippen MR) is 73.4 cm³/mol. The third-order valence-electron chi connectivity index (χ3n) is 4.27. The Morgan fingerprint density at radius 2 is 1.94 bits per heavy atom. The van der Waals surface area contributed by atoms with Gasteiger partial charge in [0.15, 0.2) is 0 Å². The second-order valence-corrected chi connectivity index (χ2v) is 6.38. The molecule has 0 fully saturated rings. The van der Waals surface area contributed by atoms with Crippen LogP contribution in [0.25, 0.3) is 10.9 Å². The van der Waals surface area contributed by atoms with Gasteiger partial charge in [-0.1, -0.05) is 39.0 Å². The van der Waals surface area contributed by atoms with E-state index in [9.17, 15) is 0 Å². The third-order valence-corrected chi connectivity index (χ3v) is 4.27. The number of hydrogen-bond acceptors (Lipinski definition) is 0. The van der Waals surface area contributed by atoms with Crippen molar-refractivity contribution in [3.63, 3.8) is 0 Å². The predicted octanol–water partition coefficient (Wildman–Crippen LogP) is 4.25. The Labute approximate surface area is 103 Å². The molecule has 0 spiro atoms. The van der Waals surface area contributed by atoms with Crippen LogP contribution in [0.5, 0.6) is 0 Å². The van der Waals surface area contributed by atoms with Crippen LogP contribution in [-0.2, 0) is 13.5 Å². The van der Waals surface area contributed by atoms with Crippen LogP contribution in [0.15, 0.2) is 24.3 Å². The molecule has 17 heavy (non-hydrogen) atoms. The highest BCUT2D eigenvalue weighted by Gasteiger charge is 2.33. The van der Waals surface area contributed by atoms with Crippen LogP contribution in [0.3, 0.4) is 0 Å². The van der Waals surface area contributed by atoms with Gasteiger partial charge in [0.25, 0.3) is 0 Å². The van der Waals surface area contributed by atoms with Crippen LogP contribution in [0.2, 0.25) is 0 Å². The minimum Gasteiger partial charge on any atom is -0.347 e. The summed E-state index contributed by atoms with van der Waals surface area (Å²) in [6.07, 6.45) is 2.51. The molecule has 0 bridgehead atoms. The van der Waals surface area contributed by atoms with E-state index in [0.717, 1.165) is 0 Å². The summed E-state index contributed by atoms with van der Waals surface area (Å²) in [6, 6.07) is 8.83. The van der Waals surface area contributed by atoms with Crippen LogP contribution in [0.4, 0.5) is 0 Å². The average Bonchev–Trinajstić information content (AvgIpc) is 2.52. The van der Waals surface area contributed by atoms with Crippen LogP contribution in [0, 0.1) is 5.41 Å². The molecule has 3 rings (SSSR count). The van der Waals surface area contributed by atoms with E-state index in [0.29, 0.717) is 11.3 Å². The van der Waals surface area contributed by atoms with Gasteiger partial charge in [-0.05, 0) is 35.8 Å². The van der Waals surface area contributed by atoms with Gasteiger partial charge in [0, 0.05) is 23.6 Å². The summed E-state index contributed by atoms with van der Waals surface area (Å²) >= 11 is 0. The Morgan fingerprint density at radius 3 is 2.71 bits per heavy atom. The number of aromatic nitrogens is 1. The number of aryl methyl sites for hydroxylation is 1. The monoisotopic (exact) mass is 227 g/mol. The number of hydrogen-bond donors (Lipinski definition) is 0. The molecule has 0 radical (unpaired) electrons. The Kier molecular flexibility index (Phi) is 2.16.